The lowest BCUT2D eigenvalue weighted by Crippen LogP contribution is -2.45. The van der Waals surface area contributed by atoms with Crippen molar-refractivity contribution in [1.82, 2.24) is 15.3 Å². The highest BCUT2D eigenvalue weighted by Gasteiger charge is 2.29. The minimum Gasteiger partial charge on any atom is -0.379 e. The van der Waals surface area contributed by atoms with E-state index in [0.717, 1.165) is 44.8 Å². The number of nitrogens with one attached hydrogen (secondary N) is 1. The Kier molecular flexibility index (Phi) is 3.66. The van der Waals surface area contributed by atoms with E-state index in [9.17, 15) is 0 Å². The van der Waals surface area contributed by atoms with Gasteiger partial charge in [-0.15, -0.1) is 0 Å². The Labute approximate surface area is 114 Å². The van der Waals surface area contributed by atoms with Crippen molar-refractivity contribution in [1.29, 1.82) is 0 Å². The molecule has 0 spiro atoms. The molecule has 2 unspecified atom stereocenters. The molecule has 0 radical (unpaired) electrons. The molecule has 5 nitrogen and oxygen atoms in total. The lowest BCUT2D eigenvalue weighted by molar-refractivity contribution is 0.0496. The predicted octanol–water partition coefficient (Wildman–Crippen LogP) is 0.983. The lowest BCUT2D eigenvalue weighted by atomic mass is 9.95. The van der Waals surface area contributed by atoms with Crippen LogP contribution in [0.4, 0.5) is 5.82 Å². The van der Waals surface area contributed by atoms with Gasteiger partial charge in [0.2, 0.25) is 0 Å². The van der Waals surface area contributed by atoms with Crippen LogP contribution in [0.15, 0.2) is 6.33 Å². The van der Waals surface area contributed by atoms with Crippen molar-refractivity contribution in [2.45, 2.75) is 32.4 Å². The molecule has 2 aliphatic heterocycles. The number of fused-ring (bicyclic) bond motifs is 1. The highest BCUT2D eigenvalue weighted by Crippen LogP contribution is 2.27. The van der Waals surface area contributed by atoms with Crippen molar-refractivity contribution in [2.24, 2.45) is 5.92 Å². The zero-order chi connectivity index (χ0) is 13.2. The first kappa shape index (κ1) is 12.8. The van der Waals surface area contributed by atoms with E-state index in [-0.39, 0.29) is 0 Å². The Morgan fingerprint density at radius 1 is 1.42 bits per heavy atom. The Balaban J connectivity index is 1.86. The number of aromatic nitrogens is 2. The molecule has 104 valence electrons. The molecule has 5 heteroatoms. The monoisotopic (exact) mass is 262 g/mol. The lowest BCUT2D eigenvalue weighted by Gasteiger charge is -2.38. The molecule has 2 atom stereocenters. The smallest absolute Gasteiger partial charge is 0.136 e. The summed E-state index contributed by atoms with van der Waals surface area (Å²) >= 11 is 0. The van der Waals surface area contributed by atoms with E-state index in [1.165, 1.54) is 11.3 Å². The van der Waals surface area contributed by atoms with Gasteiger partial charge in [-0.2, -0.15) is 0 Å². The standard InChI is InChI=1S/C14H22N4O/c1-10-4-6-18(8-13(10)19-2)14-11-7-15-5-3-12(11)16-9-17-14/h9-10,13,15H,3-8H2,1-2H3. The summed E-state index contributed by atoms with van der Waals surface area (Å²) in [5.74, 6) is 1.73. The van der Waals surface area contributed by atoms with Gasteiger partial charge >= 0.3 is 0 Å². The molecule has 3 heterocycles. The minimum absolute atomic E-state index is 0.302. The fraction of sp³-hybridized carbons (Fsp3) is 0.714. The number of piperidine rings is 1. The van der Waals surface area contributed by atoms with Crippen LogP contribution in [0.1, 0.15) is 24.6 Å². The second-order valence-electron chi connectivity index (χ2n) is 5.54. The molecule has 1 N–H and O–H groups in total. The second-order valence-corrected chi connectivity index (χ2v) is 5.54. The van der Waals surface area contributed by atoms with Crippen molar-refractivity contribution >= 4 is 5.82 Å². The highest BCUT2D eigenvalue weighted by molar-refractivity contribution is 5.50. The van der Waals surface area contributed by atoms with Crippen LogP contribution in [0.25, 0.3) is 0 Å². The average Bonchev–Trinajstić information content (AvgIpc) is 2.47. The zero-order valence-corrected chi connectivity index (χ0v) is 11.7. The van der Waals surface area contributed by atoms with E-state index in [1.54, 1.807) is 6.33 Å². The molecule has 19 heavy (non-hydrogen) atoms. The number of anilines is 1. The van der Waals surface area contributed by atoms with Gasteiger partial charge in [0.15, 0.2) is 0 Å². The largest absolute Gasteiger partial charge is 0.379 e. The minimum atomic E-state index is 0.302. The van der Waals surface area contributed by atoms with Gasteiger partial charge in [0, 0.05) is 45.3 Å². The van der Waals surface area contributed by atoms with E-state index >= 15 is 0 Å². The van der Waals surface area contributed by atoms with Crippen LogP contribution in [0.5, 0.6) is 0 Å². The quantitative estimate of drug-likeness (QED) is 0.861. The SMILES string of the molecule is COC1CN(c2ncnc3c2CNCC3)CCC1C. The third-order valence-corrected chi connectivity index (χ3v) is 4.34. The molecule has 1 aromatic heterocycles. The zero-order valence-electron chi connectivity index (χ0n) is 11.7. The summed E-state index contributed by atoms with van der Waals surface area (Å²) in [6.45, 7) is 6.16. The van der Waals surface area contributed by atoms with Crippen LogP contribution in [-0.2, 0) is 17.7 Å². The summed E-state index contributed by atoms with van der Waals surface area (Å²) in [5, 5.41) is 3.42. The normalized spacial score (nSPS) is 27.2. The first-order chi connectivity index (χ1) is 9.29. The molecule has 3 rings (SSSR count). The first-order valence-corrected chi connectivity index (χ1v) is 7.11. The van der Waals surface area contributed by atoms with Crippen LogP contribution in [0.2, 0.25) is 0 Å². The molecule has 0 aliphatic carbocycles. The summed E-state index contributed by atoms with van der Waals surface area (Å²) in [5.41, 5.74) is 2.48. The Bertz CT molecular complexity index is 451. The molecule has 1 fully saturated rings. The summed E-state index contributed by atoms with van der Waals surface area (Å²) < 4.78 is 5.60. The van der Waals surface area contributed by atoms with Gasteiger partial charge in [-0.3, -0.25) is 0 Å². The van der Waals surface area contributed by atoms with E-state index < -0.39 is 0 Å². The summed E-state index contributed by atoms with van der Waals surface area (Å²) in [6.07, 6.45) is 4.17. The van der Waals surface area contributed by atoms with Crippen molar-refractivity contribution in [3.63, 3.8) is 0 Å². The van der Waals surface area contributed by atoms with E-state index in [4.69, 9.17) is 4.74 Å². The molecular weight excluding hydrogens is 240 g/mol. The molecule has 2 aliphatic rings. The molecule has 1 aromatic rings. The van der Waals surface area contributed by atoms with Gasteiger partial charge in [0.25, 0.3) is 0 Å². The molecule has 1 saturated heterocycles. The fourth-order valence-corrected chi connectivity index (χ4v) is 3.06. The Morgan fingerprint density at radius 2 is 2.32 bits per heavy atom. The number of methoxy groups -OCH3 is 1. The maximum atomic E-state index is 5.60. The van der Waals surface area contributed by atoms with Gasteiger partial charge < -0.3 is 15.0 Å². The van der Waals surface area contributed by atoms with Crippen LogP contribution in [0, 0.1) is 5.92 Å². The first-order valence-electron chi connectivity index (χ1n) is 7.11. The van der Waals surface area contributed by atoms with Gasteiger partial charge in [0.05, 0.1) is 11.8 Å². The van der Waals surface area contributed by atoms with Crippen molar-refractivity contribution in [3.05, 3.63) is 17.6 Å². The van der Waals surface area contributed by atoms with Crippen LogP contribution >= 0.6 is 0 Å². The Hall–Kier alpha value is -1.20. The number of nitrogens with zero attached hydrogens (tertiary/aromatic N) is 3. The van der Waals surface area contributed by atoms with Gasteiger partial charge in [0.1, 0.15) is 12.1 Å². The van der Waals surface area contributed by atoms with Gasteiger partial charge in [-0.25, -0.2) is 9.97 Å². The maximum Gasteiger partial charge on any atom is 0.136 e. The number of hydrogen-bond acceptors (Lipinski definition) is 5. The summed E-state index contributed by atoms with van der Waals surface area (Å²) in [7, 11) is 1.81. The van der Waals surface area contributed by atoms with Crippen molar-refractivity contribution in [3.8, 4) is 0 Å². The third kappa shape index (κ3) is 2.44. The number of ether oxygens (including phenoxy) is 1. The Morgan fingerprint density at radius 3 is 3.16 bits per heavy atom. The second kappa shape index (κ2) is 5.43. The van der Waals surface area contributed by atoms with E-state index in [0.29, 0.717) is 12.0 Å². The molecule has 0 saturated carbocycles. The fourth-order valence-electron chi connectivity index (χ4n) is 3.06. The summed E-state index contributed by atoms with van der Waals surface area (Å²) in [6, 6.07) is 0. The van der Waals surface area contributed by atoms with Crippen LogP contribution in [-0.4, -0.2) is 42.8 Å². The third-order valence-electron chi connectivity index (χ3n) is 4.34. The van der Waals surface area contributed by atoms with Gasteiger partial charge in [-0.05, 0) is 12.3 Å². The molecule has 0 amide bonds. The predicted molar refractivity (Wildman–Crippen MR) is 74.2 cm³/mol. The molecular formula is C14H22N4O. The van der Waals surface area contributed by atoms with Crippen LogP contribution < -0.4 is 10.2 Å². The highest BCUT2D eigenvalue weighted by atomic mass is 16.5. The van der Waals surface area contributed by atoms with Crippen molar-refractivity contribution < 1.29 is 4.74 Å². The van der Waals surface area contributed by atoms with Gasteiger partial charge in [-0.1, -0.05) is 6.92 Å². The van der Waals surface area contributed by atoms with E-state index in [1.807, 2.05) is 7.11 Å². The molecule has 0 aromatic carbocycles. The average molecular weight is 262 g/mol. The molecule has 0 bridgehead atoms. The number of hydrogen-bond donors (Lipinski definition) is 1. The maximum absolute atomic E-state index is 5.60. The van der Waals surface area contributed by atoms with Crippen LogP contribution in [0.3, 0.4) is 0 Å². The van der Waals surface area contributed by atoms with E-state index in [2.05, 4.69) is 27.1 Å². The van der Waals surface area contributed by atoms with Crippen molar-refractivity contribution in [2.75, 3.05) is 31.6 Å². The number of rotatable bonds is 2. The topological polar surface area (TPSA) is 50.3 Å². The summed E-state index contributed by atoms with van der Waals surface area (Å²) in [4.78, 5) is 11.3.